The Labute approximate surface area is 124 Å². The Morgan fingerprint density at radius 1 is 1.20 bits per heavy atom. The zero-order valence-electron chi connectivity index (χ0n) is 10.7. The van der Waals surface area contributed by atoms with Crippen molar-refractivity contribution in [1.29, 1.82) is 0 Å². The Morgan fingerprint density at radius 2 is 1.90 bits per heavy atom. The molecule has 0 saturated heterocycles. The zero-order valence-corrected chi connectivity index (χ0v) is 12.3. The van der Waals surface area contributed by atoms with E-state index in [4.69, 9.17) is 9.15 Å². The second-order valence-electron chi connectivity index (χ2n) is 4.07. The van der Waals surface area contributed by atoms with E-state index in [9.17, 15) is 9.59 Å². The summed E-state index contributed by atoms with van der Waals surface area (Å²) in [5, 5.41) is 2.42. The van der Waals surface area contributed by atoms with Crippen molar-refractivity contribution in [2.45, 2.75) is 6.92 Å². The number of hydrogen-bond acceptors (Lipinski definition) is 4. The van der Waals surface area contributed by atoms with Crippen LogP contribution in [0.2, 0.25) is 0 Å². The first-order valence-electron chi connectivity index (χ1n) is 5.85. The van der Waals surface area contributed by atoms with Gasteiger partial charge in [0, 0.05) is 0 Å². The Balaban J connectivity index is 1.83. The molecule has 1 N–H and O–H groups in total. The molecule has 0 aliphatic rings. The molecule has 5 nitrogen and oxygen atoms in total. The fourth-order valence-electron chi connectivity index (χ4n) is 1.45. The van der Waals surface area contributed by atoms with Gasteiger partial charge >= 0.3 is 5.97 Å². The molecule has 0 fully saturated rings. The fourth-order valence-corrected chi connectivity index (χ4v) is 1.76. The Morgan fingerprint density at radius 3 is 2.50 bits per heavy atom. The summed E-state index contributed by atoms with van der Waals surface area (Å²) in [4.78, 5) is 23.2. The molecule has 104 valence electrons. The van der Waals surface area contributed by atoms with Gasteiger partial charge in [0.1, 0.15) is 12.3 Å². The molecule has 0 aliphatic carbocycles. The van der Waals surface area contributed by atoms with E-state index in [0.717, 1.165) is 5.56 Å². The summed E-state index contributed by atoms with van der Waals surface area (Å²) in [7, 11) is 0. The highest BCUT2D eigenvalue weighted by Gasteiger charge is 2.12. The van der Waals surface area contributed by atoms with Crippen molar-refractivity contribution in [3.63, 3.8) is 0 Å². The van der Waals surface area contributed by atoms with E-state index in [2.05, 4.69) is 21.2 Å². The zero-order chi connectivity index (χ0) is 14.5. The second kappa shape index (κ2) is 6.38. The fraction of sp³-hybridized carbons (Fsp3) is 0.143. The van der Waals surface area contributed by atoms with Crippen LogP contribution in [-0.4, -0.2) is 18.4 Å². The van der Waals surface area contributed by atoms with Crippen molar-refractivity contribution in [3.05, 3.63) is 52.4 Å². The third-order valence-electron chi connectivity index (χ3n) is 2.44. The van der Waals surface area contributed by atoms with E-state index in [-0.39, 0.29) is 12.3 Å². The molecule has 0 aliphatic heterocycles. The van der Waals surface area contributed by atoms with Crippen molar-refractivity contribution < 1.29 is 18.7 Å². The maximum atomic E-state index is 11.6. The van der Waals surface area contributed by atoms with Gasteiger partial charge in [-0.3, -0.25) is 4.79 Å². The quantitative estimate of drug-likeness (QED) is 0.687. The van der Waals surface area contributed by atoms with Crippen LogP contribution in [0.4, 0.5) is 0 Å². The molecule has 2 rings (SSSR count). The van der Waals surface area contributed by atoms with Crippen LogP contribution in [0.1, 0.15) is 16.1 Å². The lowest BCUT2D eigenvalue weighted by Crippen LogP contribution is -2.31. The van der Waals surface area contributed by atoms with Gasteiger partial charge < -0.3 is 14.5 Å². The summed E-state index contributed by atoms with van der Waals surface area (Å²) in [6.07, 6.45) is 0. The first-order valence-corrected chi connectivity index (χ1v) is 6.65. The molecule has 0 spiro atoms. The van der Waals surface area contributed by atoms with Crippen LogP contribution in [0.5, 0.6) is 5.75 Å². The van der Waals surface area contributed by atoms with E-state index >= 15 is 0 Å². The molecule has 0 atom stereocenters. The van der Waals surface area contributed by atoms with Crippen molar-refractivity contribution in [2.24, 2.45) is 0 Å². The van der Waals surface area contributed by atoms with Crippen LogP contribution in [0.25, 0.3) is 0 Å². The minimum atomic E-state index is -0.548. The van der Waals surface area contributed by atoms with E-state index in [0.29, 0.717) is 10.4 Å². The highest BCUT2D eigenvalue weighted by Crippen LogP contribution is 2.14. The highest BCUT2D eigenvalue weighted by molar-refractivity contribution is 9.10. The molecule has 1 heterocycles. The van der Waals surface area contributed by atoms with Crippen LogP contribution in [0, 0.1) is 6.92 Å². The average Bonchev–Trinajstić information content (AvgIpc) is 2.85. The van der Waals surface area contributed by atoms with Crippen LogP contribution in [0.3, 0.4) is 0 Å². The molecule has 2 aromatic rings. The second-order valence-corrected chi connectivity index (χ2v) is 4.86. The standard InChI is InChI=1S/C14H12BrNO4/c1-9-2-4-10(5-3-9)19-13(17)8-16-14(18)11-6-7-12(15)20-11/h2-7H,8H2,1H3,(H,16,18). The monoisotopic (exact) mass is 337 g/mol. The van der Waals surface area contributed by atoms with Gasteiger partial charge in [0.2, 0.25) is 0 Å². The lowest BCUT2D eigenvalue weighted by atomic mass is 10.2. The molecular formula is C14H12BrNO4. The molecule has 0 bridgehead atoms. The number of benzene rings is 1. The van der Waals surface area contributed by atoms with E-state index in [1.165, 1.54) is 6.07 Å². The number of amides is 1. The van der Waals surface area contributed by atoms with Crippen molar-refractivity contribution >= 4 is 27.8 Å². The van der Waals surface area contributed by atoms with Crippen molar-refractivity contribution in [2.75, 3.05) is 6.54 Å². The smallest absolute Gasteiger partial charge is 0.330 e. The average molecular weight is 338 g/mol. The first-order chi connectivity index (χ1) is 9.54. The number of rotatable bonds is 4. The minimum absolute atomic E-state index is 0.125. The molecule has 0 unspecified atom stereocenters. The molecule has 1 aromatic heterocycles. The lowest BCUT2D eigenvalue weighted by molar-refractivity contribution is -0.133. The van der Waals surface area contributed by atoms with E-state index in [1.54, 1.807) is 18.2 Å². The van der Waals surface area contributed by atoms with Crippen molar-refractivity contribution in [1.82, 2.24) is 5.32 Å². The number of furan rings is 1. The number of aryl methyl sites for hydroxylation is 1. The lowest BCUT2D eigenvalue weighted by Gasteiger charge is -2.05. The van der Waals surface area contributed by atoms with Gasteiger partial charge in [-0.2, -0.15) is 0 Å². The van der Waals surface area contributed by atoms with Crippen LogP contribution < -0.4 is 10.1 Å². The molecule has 20 heavy (non-hydrogen) atoms. The minimum Gasteiger partial charge on any atom is -0.444 e. The maximum absolute atomic E-state index is 11.6. The summed E-state index contributed by atoms with van der Waals surface area (Å²) in [6.45, 7) is 1.71. The normalized spacial score (nSPS) is 10.1. The molecule has 1 amide bonds. The SMILES string of the molecule is Cc1ccc(OC(=O)CNC(=O)c2ccc(Br)o2)cc1. The van der Waals surface area contributed by atoms with Gasteiger partial charge in [-0.05, 0) is 47.1 Å². The predicted molar refractivity (Wildman–Crippen MR) is 75.6 cm³/mol. The van der Waals surface area contributed by atoms with Gasteiger partial charge in [-0.25, -0.2) is 4.79 Å². The van der Waals surface area contributed by atoms with Gasteiger partial charge in [0.25, 0.3) is 5.91 Å². The number of hydrogen-bond donors (Lipinski definition) is 1. The number of halogens is 1. The molecule has 1 aromatic carbocycles. The summed E-state index contributed by atoms with van der Waals surface area (Å²) in [6, 6.07) is 10.2. The largest absolute Gasteiger partial charge is 0.444 e. The molecule has 0 radical (unpaired) electrons. The van der Waals surface area contributed by atoms with Gasteiger partial charge in [-0.15, -0.1) is 0 Å². The third kappa shape index (κ3) is 3.96. The highest BCUT2D eigenvalue weighted by atomic mass is 79.9. The first kappa shape index (κ1) is 14.3. The van der Waals surface area contributed by atoms with E-state index in [1.807, 2.05) is 19.1 Å². The van der Waals surface area contributed by atoms with Crippen LogP contribution in [-0.2, 0) is 4.79 Å². The van der Waals surface area contributed by atoms with Gasteiger partial charge in [0.15, 0.2) is 10.4 Å². The van der Waals surface area contributed by atoms with Gasteiger partial charge in [-0.1, -0.05) is 17.7 Å². The number of esters is 1. The van der Waals surface area contributed by atoms with Gasteiger partial charge in [0.05, 0.1) is 0 Å². The van der Waals surface area contributed by atoms with E-state index < -0.39 is 11.9 Å². The number of nitrogens with one attached hydrogen (secondary N) is 1. The summed E-state index contributed by atoms with van der Waals surface area (Å²) < 4.78 is 10.6. The van der Waals surface area contributed by atoms with Crippen molar-refractivity contribution in [3.8, 4) is 5.75 Å². The Kier molecular flexibility index (Phi) is 4.57. The Hall–Kier alpha value is -2.08. The summed E-state index contributed by atoms with van der Waals surface area (Å²) >= 11 is 3.09. The Bertz CT molecular complexity index is 618. The van der Waals surface area contributed by atoms with Crippen LogP contribution >= 0.6 is 15.9 Å². The number of carbonyl (C=O) groups excluding carboxylic acids is 2. The third-order valence-corrected chi connectivity index (χ3v) is 2.87. The molecular weight excluding hydrogens is 326 g/mol. The predicted octanol–water partition coefficient (Wildman–Crippen LogP) is 2.69. The molecule has 6 heteroatoms. The van der Waals surface area contributed by atoms with Crippen LogP contribution in [0.15, 0.2) is 45.5 Å². The maximum Gasteiger partial charge on any atom is 0.330 e. The number of ether oxygens (including phenoxy) is 1. The number of carbonyl (C=O) groups is 2. The molecule has 0 saturated carbocycles. The topological polar surface area (TPSA) is 68.5 Å². The summed E-state index contributed by atoms with van der Waals surface area (Å²) in [5.41, 5.74) is 1.07. The summed E-state index contributed by atoms with van der Waals surface area (Å²) in [5.74, 6) is -0.458.